The molecule has 6 heteroatoms. The SMILES string of the molecule is CC/C=C\C/C=C\C/C=C\CCCCCCCC(=O)OC[C@H](COC(=O)CCCCCCCCCCCCCCCCCCCCCCC)OC(=O)CCC/C=C\C/C=C\C/C=C\C/C=C\CCCCC. The van der Waals surface area contributed by atoms with Crippen LogP contribution >= 0.6 is 0 Å². The first-order chi connectivity index (χ1) is 35.0. The Hall–Kier alpha value is -3.41. The maximum Gasteiger partial charge on any atom is 0.306 e. The van der Waals surface area contributed by atoms with Crippen molar-refractivity contribution in [3.8, 4) is 0 Å². The second-order valence-electron chi connectivity index (χ2n) is 19.9. The van der Waals surface area contributed by atoms with Gasteiger partial charge in [-0.05, 0) is 89.9 Å². The Labute approximate surface area is 439 Å². The number of carbonyl (C=O) groups is 3. The Morgan fingerprint density at radius 3 is 0.930 bits per heavy atom. The van der Waals surface area contributed by atoms with Gasteiger partial charge in [-0.25, -0.2) is 0 Å². The van der Waals surface area contributed by atoms with Crippen LogP contribution in [0.4, 0.5) is 0 Å². The number of carbonyl (C=O) groups excluding carboxylic acids is 3. The molecule has 0 aromatic rings. The molecule has 0 aliphatic rings. The second-order valence-corrected chi connectivity index (χ2v) is 19.9. The molecule has 0 rings (SSSR count). The van der Waals surface area contributed by atoms with E-state index in [1.165, 1.54) is 141 Å². The molecule has 0 saturated heterocycles. The lowest BCUT2D eigenvalue weighted by Crippen LogP contribution is -2.30. The molecule has 408 valence electrons. The van der Waals surface area contributed by atoms with Gasteiger partial charge in [0.2, 0.25) is 0 Å². The van der Waals surface area contributed by atoms with Crippen LogP contribution in [-0.4, -0.2) is 37.2 Å². The molecule has 0 bridgehead atoms. The Morgan fingerprint density at radius 1 is 0.296 bits per heavy atom. The minimum Gasteiger partial charge on any atom is -0.462 e. The number of rotatable bonds is 54. The average Bonchev–Trinajstić information content (AvgIpc) is 3.37. The molecular formula is C65H112O6. The third-order valence-electron chi connectivity index (χ3n) is 12.9. The van der Waals surface area contributed by atoms with Crippen molar-refractivity contribution in [2.24, 2.45) is 0 Å². The molecule has 0 amide bonds. The Morgan fingerprint density at radius 2 is 0.563 bits per heavy atom. The minimum absolute atomic E-state index is 0.102. The van der Waals surface area contributed by atoms with Crippen molar-refractivity contribution in [2.45, 2.75) is 297 Å². The number of ether oxygens (including phenoxy) is 3. The smallest absolute Gasteiger partial charge is 0.306 e. The highest BCUT2D eigenvalue weighted by Gasteiger charge is 2.19. The average molecular weight is 990 g/mol. The summed E-state index contributed by atoms with van der Waals surface area (Å²) in [5, 5.41) is 0. The van der Waals surface area contributed by atoms with Gasteiger partial charge in [0.25, 0.3) is 0 Å². The lowest BCUT2D eigenvalue weighted by molar-refractivity contribution is -0.167. The first-order valence-electron chi connectivity index (χ1n) is 30.1. The zero-order valence-electron chi connectivity index (χ0n) is 46.7. The van der Waals surface area contributed by atoms with Crippen LogP contribution in [0.2, 0.25) is 0 Å². The largest absolute Gasteiger partial charge is 0.462 e. The summed E-state index contributed by atoms with van der Waals surface area (Å²) >= 11 is 0. The lowest BCUT2D eigenvalue weighted by Gasteiger charge is -2.18. The quantitative estimate of drug-likeness (QED) is 0.0261. The van der Waals surface area contributed by atoms with Crippen molar-refractivity contribution in [2.75, 3.05) is 13.2 Å². The molecule has 0 fully saturated rings. The van der Waals surface area contributed by atoms with Gasteiger partial charge in [0.05, 0.1) is 0 Å². The topological polar surface area (TPSA) is 78.9 Å². The van der Waals surface area contributed by atoms with E-state index in [-0.39, 0.29) is 37.5 Å². The van der Waals surface area contributed by atoms with Gasteiger partial charge < -0.3 is 14.2 Å². The van der Waals surface area contributed by atoms with Crippen molar-refractivity contribution in [3.05, 3.63) is 85.1 Å². The van der Waals surface area contributed by atoms with E-state index in [4.69, 9.17) is 14.2 Å². The van der Waals surface area contributed by atoms with E-state index in [1.807, 2.05) is 0 Å². The molecule has 0 aliphatic carbocycles. The predicted molar refractivity (Wildman–Crippen MR) is 307 cm³/mol. The number of allylic oxidation sites excluding steroid dienone is 14. The minimum atomic E-state index is -0.812. The summed E-state index contributed by atoms with van der Waals surface area (Å²) in [6, 6.07) is 0. The number of hydrogen-bond donors (Lipinski definition) is 0. The fourth-order valence-electron chi connectivity index (χ4n) is 8.39. The summed E-state index contributed by atoms with van der Waals surface area (Å²) in [7, 11) is 0. The molecule has 6 nitrogen and oxygen atoms in total. The van der Waals surface area contributed by atoms with Gasteiger partial charge in [-0.2, -0.15) is 0 Å². The lowest BCUT2D eigenvalue weighted by atomic mass is 10.0. The van der Waals surface area contributed by atoms with Gasteiger partial charge in [-0.3, -0.25) is 14.4 Å². The predicted octanol–water partition coefficient (Wildman–Crippen LogP) is 20.3. The number of esters is 3. The monoisotopic (exact) mass is 989 g/mol. The number of unbranched alkanes of at least 4 members (excludes halogenated alkanes) is 29. The molecule has 0 heterocycles. The van der Waals surface area contributed by atoms with Crippen LogP contribution < -0.4 is 0 Å². The van der Waals surface area contributed by atoms with E-state index in [0.717, 1.165) is 103 Å². The van der Waals surface area contributed by atoms with Crippen LogP contribution in [0.25, 0.3) is 0 Å². The van der Waals surface area contributed by atoms with E-state index < -0.39 is 6.10 Å². The van der Waals surface area contributed by atoms with E-state index >= 15 is 0 Å². The van der Waals surface area contributed by atoms with Crippen molar-refractivity contribution >= 4 is 17.9 Å². The molecule has 0 unspecified atom stereocenters. The van der Waals surface area contributed by atoms with Gasteiger partial charge in [0.1, 0.15) is 13.2 Å². The normalized spacial score (nSPS) is 12.7. The summed E-state index contributed by atoms with van der Waals surface area (Å²) in [5.41, 5.74) is 0. The number of hydrogen-bond acceptors (Lipinski definition) is 6. The first kappa shape index (κ1) is 67.6. The first-order valence-corrected chi connectivity index (χ1v) is 30.1. The van der Waals surface area contributed by atoms with Crippen LogP contribution in [0.3, 0.4) is 0 Å². The molecule has 71 heavy (non-hydrogen) atoms. The van der Waals surface area contributed by atoms with Gasteiger partial charge in [0.15, 0.2) is 6.10 Å². The molecule has 1 atom stereocenters. The standard InChI is InChI=1S/C65H112O6/c1-4-7-10-13-16-19-22-25-28-30-31-32-33-35-37-40-43-46-49-52-55-58-64(67)70-61-62(60-69-63(66)57-54-51-48-45-42-39-36-27-24-21-18-15-12-9-6-3)71-65(68)59-56-53-50-47-44-41-38-34-29-26-23-20-17-14-11-8-5-2/h9,12,17-18,20-21,26-27,29,36,38,41,47,50,62H,4-8,10-11,13-16,19,22-25,28,30-35,37,39-40,42-46,48-49,51-61H2,1-3H3/b12-9-,20-17-,21-18-,29-26-,36-27-,41-38-,50-47-/t62-/m1/s1. The van der Waals surface area contributed by atoms with Crippen LogP contribution in [0.5, 0.6) is 0 Å². The van der Waals surface area contributed by atoms with Gasteiger partial charge in [0, 0.05) is 19.3 Å². The highest BCUT2D eigenvalue weighted by molar-refractivity contribution is 5.71. The summed E-state index contributed by atoms with van der Waals surface area (Å²) in [5.74, 6) is -0.967. The van der Waals surface area contributed by atoms with Gasteiger partial charge in [-0.15, -0.1) is 0 Å². The van der Waals surface area contributed by atoms with Crippen molar-refractivity contribution < 1.29 is 28.6 Å². The summed E-state index contributed by atoms with van der Waals surface area (Å²) in [4.78, 5) is 38.2. The van der Waals surface area contributed by atoms with Crippen molar-refractivity contribution in [3.63, 3.8) is 0 Å². The van der Waals surface area contributed by atoms with Crippen LogP contribution in [0, 0.1) is 0 Å². The Bertz CT molecular complexity index is 1370. The van der Waals surface area contributed by atoms with Gasteiger partial charge >= 0.3 is 17.9 Å². The molecule has 0 N–H and O–H groups in total. The summed E-state index contributed by atoms with van der Waals surface area (Å²) in [6.07, 6.45) is 77.3. The Kier molecular flexibility index (Phi) is 56.3. The zero-order chi connectivity index (χ0) is 51.4. The summed E-state index contributed by atoms with van der Waals surface area (Å²) in [6.45, 7) is 6.47. The molecular weight excluding hydrogens is 877 g/mol. The fraction of sp³-hybridized carbons (Fsp3) is 0.738. The van der Waals surface area contributed by atoms with Crippen molar-refractivity contribution in [1.82, 2.24) is 0 Å². The van der Waals surface area contributed by atoms with Crippen molar-refractivity contribution in [1.29, 1.82) is 0 Å². The summed E-state index contributed by atoms with van der Waals surface area (Å²) < 4.78 is 16.8. The maximum absolute atomic E-state index is 12.8. The van der Waals surface area contributed by atoms with Crippen LogP contribution in [0.1, 0.15) is 290 Å². The van der Waals surface area contributed by atoms with E-state index in [2.05, 4.69) is 106 Å². The molecule has 0 radical (unpaired) electrons. The van der Waals surface area contributed by atoms with E-state index in [9.17, 15) is 14.4 Å². The molecule has 0 saturated carbocycles. The molecule has 0 spiro atoms. The van der Waals surface area contributed by atoms with E-state index in [0.29, 0.717) is 19.3 Å². The third-order valence-corrected chi connectivity index (χ3v) is 12.9. The van der Waals surface area contributed by atoms with Gasteiger partial charge in [-0.1, -0.05) is 266 Å². The van der Waals surface area contributed by atoms with Crippen LogP contribution in [-0.2, 0) is 28.6 Å². The molecule has 0 aromatic carbocycles. The Balaban J connectivity index is 4.42. The highest BCUT2D eigenvalue weighted by Crippen LogP contribution is 2.16. The molecule has 0 aromatic heterocycles. The second kappa shape index (κ2) is 59.2. The fourth-order valence-corrected chi connectivity index (χ4v) is 8.39. The zero-order valence-corrected chi connectivity index (χ0v) is 46.7. The third kappa shape index (κ3) is 57.4. The highest BCUT2D eigenvalue weighted by atomic mass is 16.6. The van der Waals surface area contributed by atoms with E-state index in [1.54, 1.807) is 0 Å². The molecule has 0 aliphatic heterocycles. The maximum atomic E-state index is 12.8. The van der Waals surface area contributed by atoms with Crippen LogP contribution in [0.15, 0.2) is 85.1 Å².